The molecule has 0 atom stereocenters. The molecule has 0 aliphatic heterocycles. The van der Waals surface area contributed by atoms with E-state index < -0.39 is 0 Å². The van der Waals surface area contributed by atoms with E-state index in [9.17, 15) is 0 Å². The maximum absolute atomic E-state index is 5.61. The van der Waals surface area contributed by atoms with Gasteiger partial charge in [-0.05, 0) is 30.3 Å². The van der Waals surface area contributed by atoms with Gasteiger partial charge >= 0.3 is 0 Å². The topological polar surface area (TPSA) is 63.6 Å². The van der Waals surface area contributed by atoms with Crippen molar-refractivity contribution in [3.63, 3.8) is 0 Å². The molecule has 15 heavy (non-hydrogen) atoms. The molecule has 0 bridgehead atoms. The molecule has 2 N–H and O–H groups in total. The lowest BCUT2D eigenvalue weighted by atomic mass is 10.3. The summed E-state index contributed by atoms with van der Waals surface area (Å²) in [6, 6.07) is 12.7. The third-order valence-electron chi connectivity index (χ3n) is 1.79. The Bertz CT molecular complexity index is 465. The van der Waals surface area contributed by atoms with Crippen LogP contribution in [0.3, 0.4) is 0 Å². The molecule has 0 saturated heterocycles. The monoisotopic (exact) mass is 198 g/mol. The predicted octanol–water partition coefficient (Wildman–Crippen LogP) is 3.08. The fraction of sp³-hybridized carbons (Fsp3) is 0. The van der Waals surface area contributed by atoms with E-state index in [1.54, 1.807) is 24.4 Å². The van der Waals surface area contributed by atoms with Crippen molar-refractivity contribution in [3.8, 4) is 0 Å². The van der Waals surface area contributed by atoms with Crippen molar-refractivity contribution in [2.45, 2.75) is 0 Å². The normalized spacial score (nSPS) is 10.7. The molecule has 0 aliphatic carbocycles. The number of hydrogen-bond acceptors (Lipinski definition) is 4. The van der Waals surface area contributed by atoms with E-state index in [4.69, 9.17) is 5.73 Å². The fourth-order valence-electron chi connectivity index (χ4n) is 1.11. The van der Waals surface area contributed by atoms with Crippen molar-refractivity contribution in [2.75, 3.05) is 5.73 Å². The van der Waals surface area contributed by atoms with Crippen LogP contribution in [0.1, 0.15) is 0 Å². The Hall–Kier alpha value is -2.23. The number of hydrogen-bond donors (Lipinski definition) is 1. The first-order valence-electron chi connectivity index (χ1n) is 4.53. The van der Waals surface area contributed by atoms with Crippen molar-refractivity contribution in [1.82, 2.24) is 4.98 Å². The summed E-state index contributed by atoms with van der Waals surface area (Å²) in [5.41, 5.74) is 7.01. The number of benzene rings is 1. The van der Waals surface area contributed by atoms with Gasteiger partial charge in [0.1, 0.15) is 0 Å². The van der Waals surface area contributed by atoms with Gasteiger partial charge in [-0.2, -0.15) is 0 Å². The molecule has 74 valence electrons. The summed E-state index contributed by atoms with van der Waals surface area (Å²) < 4.78 is 0. The lowest BCUT2D eigenvalue weighted by Crippen LogP contribution is -1.81. The molecule has 1 heterocycles. The molecule has 0 amide bonds. The number of nitrogens with zero attached hydrogens (tertiary/aromatic N) is 3. The molecule has 0 spiro atoms. The molecule has 2 rings (SSSR count). The average molecular weight is 198 g/mol. The van der Waals surface area contributed by atoms with Gasteiger partial charge in [0.05, 0.1) is 5.69 Å². The van der Waals surface area contributed by atoms with Crippen LogP contribution in [0.2, 0.25) is 0 Å². The number of nitrogen functional groups attached to an aromatic ring is 1. The Kier molecular flexibility index (Phi) is 2.69. The van der Waals surface area contributed by atoms with E-state index in [0.29, 0.717) is 11.5 Å². The van der Waals surface area contributed by atoms with Crippen molar-refractivity contribution in [1.29, 1.82) is 0 Å². The summed E-state index contributed by atoms with van der Waals surface area (Å²) in [4.78, 5) is 4.02. The van der Waals surface area contributed by atoms with Crippen molar-refractivity contribution < 1.29 is 0 Å². The van der Waals surface area contributed by atoms with Gasteiger partial charge in [-0.25, -0.2) is 4.98 Å². The highest BCUT2D eigenvalue weighted by molar-refractivity contribution is 5.50. The Balaban J connectivity index is 2.19. The minimum absolute atomic E-state index is 0.583. The maximum Gasteiger partial charge on any atom is 0.174 e. The maximum atomic E-state index is 5.61. The standard InChI is InChI=1S/C11H10N4/c12-9-4-3-5-10(8-9)14-15-11-6-1-2-7-13-11/h1-8H,12H2/b15-14+. The van der Waals surface area contributed by atoms with Gasteiger partial charge in [0.15, 0.2) is 5.82 Å². The smallest absolute Gasteiger partial charge is 0.174 e. The van der Waals surface area contributed by atoms with E-state index in [0.717, 1.165) is 5.69 Å². The lowest BCUT2D eigenvalue weighted by Gasteiger charge is -1.94. The third kappa shape index (κ3) is 2.60. The molecule has 1 aromatic heterocycles. The third-order valence-corrected chi connectivity index (χ3v) is 1.79. The van der Waals surface area contributed by atoms with Crippen LogP contribution in [-0.4, -0.2) is 4.98 Å². The molecule has 0 aliphatic rings. The SMILES string of the molecule is Nc1cccc(/N=N/c2ccccn2)c1. The minimum Gasteiger partial charge on any atom is -0.399 e. The summed E-state index contributed by atoms with van der Waals surface area (Å²) >= 11 is 0. The summed E-state index contributed by atoms with van der Waals surface area (Å²) in [5, 5.41) is 8.00. The zero-order valence-electron chi connectivity index (χ0n) is 8.04. The lowest BCUT2D eigenvalue weighted by molar-refractivity contribution is 1.15. The van der Waals surface area contributed by atoms with Crippen LogP contribution >= 0.6 is 0 Å². The second-order valence-electron chi connectivity index (χ2n) is 2.98. The Morgan fingerprint density at radius 1 is 1.00 bits per heavy atom. The second kappa shape index (κ2) is 4.32. The number of azo groups is 1. The van der Waals surface area contributed by atoms with Gasteiger partial charge in [0.2, 0.25) is 0 Å². The molecule has 4 heteroatoms. The van der Waals surface area contributed by atoms with Gasteiger partial charge < -0.3 is 5.73 Å². The van der Waals surface area contributed by atoms with Crippen LogP contribution < -0.4 is 5.73 Å². The van der Waals surface area contributed by atoms with Crippen LogP contribution in [0.25, 0.3) is 0 Å². The van der Waals surface area contributed by atoms with Crippen molar-refractivity contribution >= 4 is 17.2 Å². The minimum atomic E-state index is 0.583. The molecule has 0 fully saturated rings. The molecule has 2 aromatic rings. The van der Waals surface area contributed by atoms with E-state index in [1.807, 2.05) is 24.3 Å². The number of anilines is 1. The molecule has 0 radical (unpaired) electrons. The Morgan fingerprint density at radius 3 is 2.67 bits per heavy atom. The van der Waals surface area contributed by atoms with Crippen LogP contribution in [-0.2, 0) is 0 Å². The molecule has 4 nitrogen and oxygen atoms in total. The van der Waals surface area contributed by atoms with Crippen molar-refractivity contribution in [3.05, 3.63) is 48.7 Å². The van der Waals surface area contributed by atoms with E-state index in [2.05, 4.69) is 15.2 Å². The summed E-state index contributed by atoms with van der Waals surface area (Å²) in [7, 11) is 0. The summed E-state index contributed by atoms with van der Waals surface area (Å²) in [5.74, 6) is 0.583. The zero-order chi connectivity index (χ0) is 10.5. The quantitative estimate of drug-likeness (QED) is 0.595. The number of aromatic nitrogens is 1. The van der Waals surface area contributed by atoms with Gasteiger partial charge in [0, 0.05) is 11.9 Å². The molecule has 0 unspecified atom stereocenters. The molecular formula is C11H10N4. The average Bonchev–Trinajstić information content (AvgIpc) is 2.28. The number of pyridine rings is 1. The van der Waals surface area contributed by atoms with E-state index in [1.165, 1.54) is 0 Å². The summed E-state index contributed by atoms with van der Waals surface area (Å²) in [6.07, 6.45) is 1.67. The van der Waals surface area contributed by atoms with Gasteiger partial charge in [-0.15, -0.1) is 10.2 Å². The first-order valence-corrected chi connectivity index (χ1v) is 4.53. The van der Waals surface area contributed by atoms with Crippen LogP contribution in [0.5, 0.6) is 0 Å². The van der Waals surface area contributed by atoms with Gasteiger partial charge in [-0.1, -0.05) is 12.1 Å². The van der Waals surface area contributed by atoms with Gasteiger partial charge in [-0.3, -0.25) is 0 Å². The number of nitrogens with two attached hydrogens (primary N) is 1. The summed E-state index contributed by atoms with van der Waals surface area (Å²) in [6.45, 7) is 0. The highest BCUT2D eigenvalue weighted by Gasteiger charge is 1.90. The second-order valence-corrected chi connectivity index (χ2v) is 2.98. The highest BCUT2D eigenvalue weighted by Crippen LogP contribution is 2.18. The van der Waals surface area contributed by atoms with Crippen LogP contribution in [0.4, 0.5) is 17.2 Å². The van der Waals surface area contributed by atoms with E-state index in [-0.39, 0.29) is 0 Å². The molecular weight excluding hydrogens is 188 g/mol. The first-order chi connectivity index (χ1) is 7.34. The first kappa shape index (κ1) is 9.33. The van der Waals surface area contributed by atoms with Crippen molar-refractivity contribution in [2.24, 2.45) is 10.2 Å². The van der Waals surface area contributed by atoms with Crippen LogP contribution in [0, 0.1) is 0 Å². The predicted molar refractivity (Wildman–Crippen MR) is 59.3 cm³/mol. The van der Waals surface area contributed by atoms with Gasteiger partial charge in [0.25, 0.3) is 0 Å². The zero-order valence-corrected chi connectivity index (χ0v) is 8.04. The molecule has 0 saturated carbocycles. The largest absolute Gasteiger partial charge is 0.399 e. The highest BCUT2D eigenvalue weighted by atomic mass is 15.1. The fourth-order valence-corrected chi connectivity index (χ4v) is 1.11. The Morgan fingerprint density at radius 2 is 1.93 bits per heavy atom. The number of rotatable bonds is 2. The molecule has 1 aromatic carbocycles. The van der Waals surface area contributed by atoms with Crippen LogP contribution in [0.15, 0.2) is 58.9 Å². The van der Waals surface area contributed by atoms with E-state index >= 15 is 0 Å². The Labute approximate surface area is 87.5 Å².